The molecule has 1 aromatic rings. The largest absolute Gasteiger partial charge is 0.481 e. The number of nitrogens with zero attached hydrogens (tertiary/aromatic N) is 2. The third kappa shape index (κ3) is 3.94. The van der Waals surface area contributed by atoms with E-state index in [1.54, 1.807) is 0 Å². The topological polar surface area (TPSA) is 117 Å². The molecule has 0 bridgehead atoms. The number of nitrogens with one attached hydrogen (secondary N) is 2. The molecular weight excluding hydrogens is 264 g/mol. The van der Waals surface area contributed by atoms with Gasteiger partial charge in [-0.1, -0.05) is 24.4 Å². The summed E-state index contributed by atoms with van der Waals surface area (Å²) < 4.78 is 4.56. The van der Waals surface area contributed by atoms with E-state index in [0.29, 0.717) is 18.7 Å². The van der Waals surface area contributed by atoms with Crippen LogP contribution in [0.2, 0.25) is 0 Å². The van der Waals surface area contributed by atoms with Crippen molar-refractivity contribution in [2.75, 3.05) is 0 Å². The minimum absolute atomic E-state index is 0.0529. The first kappa shape index (κ1) is 14.3. The molecule has 1 saturated carbocycles. The lowest BCUT2D eigenvalue weighted by Crippen LogP contribution is -2.54. The molecule has 20 heavy (non-hydrogen) atoms. The van der Waals surface area contributed by atoms with Gasteiger partial charge < -0.3 is 20.3 Å². The zero-order valence-corrected chi connectivity index (χ0v) is 11.1. The van der Waals surface area contributed by atoms with Gasteiger partial charge in [0.05, 0.1) is 18.5 Å². The zero-order valence-electron chi connectivity index (χ0n) is 11.1. The number of aliphatic carboxylic acids is 1. The standard InChI is InChI=1S/C12H18N4O4/c17-10(18)6-12(4-2-1-3-5-12)15-11(19)13-7-9-14-8-20-16-9/h8H,1-7H2,(H,17,18)(H2,13,15,19). The van der Waals surface area contributed by atoms with Gasteiger partial charge in [-0.2, -0.15) is 4.98 Å². The van der Waals surface area contributed by atoms with Crippen LogP contribution in [0.1, 0.15) is 44.3 Å². The Morgan fingerprint density at radius 2 is 2.10 bits per heavy atom. The predicted molar refractivity (Wildman–Crippen MR) is 67.7 cm³/mol. The summed E-state index contributed by atoms with van der Waals surface area (Å²) in [6.45, 7) is 0.144. The highest BCUT2D eigenvalue weighted by Gasteiger charge is 2.35. The van der Waals surface area contributed by atoms with E-state index in [2.05, 4.69) is 25.3 Å². The van der Waals surface area contributed by atoms with Gasteiger partial charge in [-0.05, 0) is 12.8 Å². The molecule has 1 aliphatic rings. The lowest BCUT2D eigenvalue weighted by molar-refractivity contribution is -0.139. The van der Waals surface area contributed by atoms with Crippen LogP contribution in [0, 0.1) is 0 Å². The van der Waals surface area contributed by atoms with Crippen LogP contribution in [0.4, 0.5) is 4.79 Å². The summed E-state index contributed by atoms with van der Waals surface area (Å²) in [5.41, 5.74) is -0.647. The Balaban J connectivity index is 1.89. The fourth-order valence-electron chi connectivity index (χ4n) is 2.58. The highest BCUT2D eigenvalue weighted by molar-refractivity contribution is 5.76. The average Bonchev–Trinajstić information content (AvgIpc) is 2.89. The maximum Gasteiger partial charge on any atom is 0.315 e. The first-order chi connectivity index (χ1) is 9.60. The maximum atomic E-state index is 11.9. The Hall–Kier alpha value is -2.12. The summed E-state index contributed by atoms with van der Waals surface area (Å²) >= 11 is 0. The molecule has 8 heteroatoms. The van der Waals surface area contributed by atoms with Crippen molar-refractivity contribution in [1.29, 1.82) is 0 Å². The van der Waals surface area contributed by atoms with Crippen LogP contribution in [0.3, 0.4) is 0 Å². The lowest BCUT2D eigenvalue weighted by atomic mass is 9.79. The molecular formula is C12H18N4O4. The number of amides is 2. The second-order valence-corrected chi connectivity index (χ2v) is 5.07. The average molecular weight is 282 g/mol. The smallest absolute Gasteiger partial charge is 0.315 e. The Bertz CT molecular complexity index is 454. The second-order valence-electron chi connectivity index (χ2n) is 5.07. The molecule has 0 aliphatic heterocycles. The normalized spacial score (nSPS) is 17.4. The molecule has 0 unspecified atom stereocenters. The molecule has 3 N–H and O–H groups in total. The summed E-state index contributed by atoms with van der Waals surface area (Å²) in [4.78, 5) is 26.7. The monoisotopic (exact) mass is 282 g/mol. The molecule has 110 valence electrons. The quantitative estimate of drug-likeness (QED) is 0.743. The first-order valence-electron chi connectivity index (χ1n) is 6.63. The third-order valence-corrected chi connectivity index (χ3v) is 3.49. The number of urea groups is 1. The molecule has 2 rings (SSSR count). The molecule has 0 atom stereocenters. The third-order valence-electron chi connectivity index (χ3n) is 3.49. The van der Waals surface area contributed by atoms with Crippen LogP contribution in [-0.4, -0.2) is 32.8 Å². The molecule has 2 amide bonds. The number of carbonyl (C=O) groups is 2. The Morgan fingerprint density at radius 3 is 2.70 bits per heavy atom. The van der Waals surface area contributed by atoms with Crippen LogP contribution < -0.4 is 10.6 Å². The maximum absolute atomic E-state index is 11.9. The van der Waals surface area contributed by atoms with E-state index >= 15 is 0 Å². The fraction of sp³-hybridized carbons (Fsp3) is 0.667. The van der Waals surface area contributed by atoms with Gasteiger partial charge in [0.2, 0.25) is 6.39 Å². The molecule has 1 aromatic heterocycles. The van der Waals surface area contributed by atoms with Gasteiger partial charge in [-0.25, -0.2) is 4.79 Å². The van der Waals surface area contributed by atoms with Gasteiger partial charge in [-0.15, -0.1) is 0 Å². The number of rotatable bonds is 5. The Labute approximate surface area is 115 Å². The van der Waals surface area contributed by atoms with Gasteiger partial charge in [0, 0.05) is 0 Å². The minimum Gasteiger partial charge on any atom is -0.481 e. The van der Waals surface area contributed by atoms with E-state index in [0.717, 1.165) is 19.3 Å². The summed E-state index contributed by atoms with van der Waals surface area (Å²) in [6.07, 6.45) is 5.44. The fourth-order valence-corrected chi connectivity index (χ4v) is 2.58. The van der Waals surface area contributed by atoms with E-state index in [4.69, 9.17) is 5.11 Å². The zero-order chi connectivity index (χ0) is 14.4. The van der Waals surface area contributed by atoms with Crippen molar-refractivity contribution < 1.29 is 19.2 Å². The summed E-state index contributed by atoms with van der Waals surface area (Å²) in [5, 5.41) is 18.0. The Kier molecular flexibility index (Phi) is 4.54. The predicted octanol–water partition coefficient (Wildman–Crippen LogP) is 1.05. The minimum atomic E-state index is -0.898. The molecule has 0 aromatic carbocycles. The molecule has 1 aliphatic carbocycles. The Morgan fingerprint density at radius 1 is 1.35 bits per heavy atom. The van der Waals surface area contributed by atoms with Crippen LogP contribution >= 0.6 is 0 Å². The van der Waals surface area contributed by atoms with Crippen LogP contribution in [0.5, 0.6) is 0 Å². The highest BCUT2D eigenvalue weighted by Crippen LogP contribution is 2.31. The van der Waals surface area contributed by atoms with E-state index in [9.17, 15) is 9.59 Å². The number of aromatic nitrogens is 2. The van der Waals surface area contributed by atoms with Crippen molar-refractivity contribution in [2.24, 2.45) is 0 Å². The van der Waals surface area contributed by atoms with Crippen LogP contribution in [0.25, 0.3) is 0 Å². The first-order valence-corrected chi connectivity index (χ1v) is 6.63. The number of hydrogen-bond donors (Lipinski definition) is 3. The van der Waals surface area contributed by atoms with Crippen molar-refractivity contribution in [3.05, 3.63) is 12.2 Å². The van der Waals surface area contributed by atoms with Gasteiger partial charge in [0.15, 0.2) is 5.82 Å². The molecule has 0 saturated heterocycles. The van der Waals surface area contributed by atoms with Gasteiger partial charge in [0.25, 0.3) is 0 Å². The number of carboxylic acid groups (broad SMARTS) is 1. The van der Waals surface area contributed by atoms with Crippen molar-refractivity contribution in [3.8, 4) is 0 Å². The van der Waals surface area contributed by atoms with E-state index in [1.165, 1.54) is 6.39 Å². The number of carbonyl (C=O) groups excluding carboxylic acids is 1. The van der Waals surface area contributed by atoms with Gasteiger partial charge >= 0.3 is 12.0 Å². The molecule has 1 heterocycles. The molecule has 0 spiro atoms. The highest BCUT2D eigenvalue weighted by atomic mass is 16.5. The molecule has 1 fully saturated rings. The van der Waals surface area contributed by atoms with Crippen molar-refractivity contribution >= 4 is 12.0 Å². The van der Waals surface area contributed by atoms with E-state index in [1.807, 2.05) is 0 Å². The van der Waals surface area contributed by atoms with Crippen molar-refractivity contribution in [2.45, 2.75) is 50.6 Å². The van der Waals surface area contributed by atoms with Crippen LogP contribution in [-0.2, 0) is 11.3 Å². The SMILES string of the molecule is O=C(O)CC1(NC(=O)NCc2ncon2)CCCCC1. The number of carboxylic acids is 1. The van der Waals surface area contributed by atoms with Gasteiger partial charge in [-0.3, -0.25) is 4.79 Å². The van der Waals surface area contributed by atoms with Crippen molar-refractivity contribution in [3.63, 3.8) is 0 Å². The second kappa shape index (κ2) is 6.36. The molecule has 8 nitrogen and oxygen atoms in total. The molecule has 0 radical (unpaired) electrons. The van der Waals surface area contributed by atoms with Crippen molar-refractivity contribution in [1.82, 2.24) is 20.8 Å². The number of hydrogen-bond acceptors (Lipinski definition) is 5. The van der Waals surface area contributed by atoms with E-state index < -0.39 is 17.5 Å². The van der Waals surface area contributed by atoms with Crippen LogP contribution in [0.15, 0.2) is 10.9 Å². The summed E-state index contributed by atoms with van der Waals surface area (Å²) in [5.74, 6) is -0.526. The summed E-state index contributed by atoms with van der Waals surface area (Å²) in [6, 6.07) is -0.405. The van der Waals surface area contributed by atoms with Gasteiger partial charge in [0.1, 0.15) is 0 Å². The van der Waals surface area contributed by atoms with E-state index in [-0.39, 0.29) is 13.0 Å². The summed E-state index contributed by atoms with van der Waals surface area (Å²) in [7, 11) is 0. The lowest BCUT2D eigenvalue weighted by Gasteiger charge is -2.36.